The molecule has 0 amide bonds. The largest absolute Gasteiger partial charge is 0.549 e. The summed E-state index contributed by atoms with van der Waals surface area (Å²) in [5.41, 5.74) is 0. The van der Waals surface area contributed by atoms with E-state index in [1.165, 1.54) is 0 Å². The van der Waals surface area contributed by atoms with Crippen molar-refractivity contribution in [2.45, 2.75) is 18.3 Å². The zero-order chi connectivity index (χ0) is 9.07. The van der Waals surface area contributed by atoms with E-state index in [9.17, 15) is 23.1 Å². The molecular formula is C5H6F3O2S-. The molecule has 6 heteroatoms. The predicted octanol–water partition coefficient (Wildman–Crippen LogP) is 0.420. The lowest BCUT2D eigenvalue weighted by Gasteiger charge is -2.12. The quantitative estimate of drug-likeness (QED) is 0.642. The smallest absolute Gasteiger partial charge is 0.397 e. The second kappa shape index (κ2) is 3.85. The van der Waals surface area contributed by atoms with E-state index in [0.29, 0.717) is 11.8 Å². The van der Waals surface area contributed by atoms with Crippen molar-refractivity contribution in [2.75, 3.05) is 5.75 Å². The Balaban J connectivity index is 3.63. The molecular weight excluding hydrogens is 181 g/mol. The molecule has 0 aliphatic rings. The van der Waals surface area contributed by atoms with Crippen molar-refractivity contribution in [3.05, 3.63) is 0 Å². The van der Waals surface area contributed by atoms with Gasteiger partial charge in [0, 0.05) is 5.25 Å². The summed E-state index contributed by atoms with van der Waals surface area (Å²) in [5, 5.41) is 8.80. The molecule has 1 atom stereocenters. The molecule has 0 aliphatic heterocycles. The number of carboxylic acids is 1. The Labute approximate surface area is 65.8 Å². The zero-order valence-electron chi connectivity index (χ0n) is 5.64. The molecule has 0 saturated carbocycles. The Kier molecular flexibility index (Phi) is 3.71. The highest BCUT2D eigenvalue weighted by Gasteiger charge is 2.28. The van der Waals surface area contributed by atoms with E-state index in [1.807, 2.05) is 0 Å². The number of rotatable bonds is 3. The Hall–Kier alpha value is -0.390. The lowest BCUT2D eigenvalue weighted by atomic mass is 10.5. The number of carbonyl (C=O) groups is 1. The third-order valence-electron chi connectivity index (χ3n) is 0.829. The Morgan fingerprint density at radius 2 is 2.09 bits per heavy atom. The summed E-state index contributed by atoms with van der Waals surface area (Å²) < 4.78 is 34.3. The first kappa shape index (κ1) is 10.6. The average Bonchev–Trinajstić information content (AvgIpc) is 1.80. The molecule has 0 heterocycles. The van der Waals surface area contributed by atoms with Crippen LogP contribution in [-0.4, -0.2) is 23.1 Å². The molecule has 66 valence electrons. The Bertz CT molecular complexity index is 145. The Morgan fingerprint density at radius 1 is 1.64 bits per heavy atom. The van der Waals surface area contributed by atoms with Crippen molar-refractivity contribution in [1.82, 2.24) is 0 Å². The second-order valence-corrected chi connectivity index (χ2v) is 3.22. The van der Waals surface area contributed by atoms with Gasteiger partial charge in [0.15, 0.2) is 0 Å². The lowest BCUT2D eigenvalue weighted by Crippen LogP contribution is -2.32. The summed E-state index contributed by atoms with van der Waals surface area (Å²) in [7, 11) is 0. The summed E-state index contributed by atoms with van der Waals surface area (Å²) >= 11 is 0.304. The van der Waals surface area contributed by atoms with E-state index in [1.54, 1.807) is 0 Å². The molecule has 1 unspecified atom stereocenters. The number of alkyl halides is 3. The molecule has 0 rings (SSSR count). The van der Waals surface area contributed by atoms with Crippen molar-refractivity contribution >= 4 is 17.7 Å². The van der Waals surface area contributed by atoms with E-state index in [4.69, 9.17) is 0 Å². The third kappa shape index (κ3) is 6.03. The number of carboxylic acid groups (broad SMARTS) is 1. The number of aliphatic carboxylic acids is 1. The number of hydrogen-bond acceptors (Lipinski definition) is 3. The summed E-state index contributed by atoms with van der Waals surface area (Å²) in [6.45, 7) is 1.16. The van der Waals surface area contributed by atoms with E-state index in [-0.39, 0.29) is 0 Å². The normalized spacial score (nSPS) is 14.5. The van der Waals surface area contributed by atoms with Gasteiger partial charge in [-0.1, -0.05) is 0 Å². The van der Waals surface area contributed by atoms with Crippen LogP contribution in [-0.2, 0) is 4.79 Å². The standard InChI is InChI=1S/C5H7F3O2S/c1-3(4(9)10)11-2-5(6,7)8/h3H,2H2,1H3,(H,9,10)/p-1. The van der Waals surface area contributed by atoms with Crippen molar-refractivity contribution in [2.24, 2.45) is 0 Å². The van der Waals surface area contributed by atoms with Crippen LogP contribution in [0.25, 0.3) is 0 Å². The van der Waals surface area contributed by atoms with Gasteiger partial charge < -0.3 is 9.90 Å². The van der Waals surface area contributed by atoms with E-state index in [0.717, 1.165) is 6.92 Å². The van der Waals surface area contributed by atoms with Crippen molar-refractivity contribution in [3.63, 3.8) is 0 Å². The molecule has 0 N–H and O–H groups in total. The van der Waals surface area contributed by atoms with Crippen LogP contribution in [0.1, 0.15) is 6.92 Å². The minimum atomic E-state index is -4.31. The van der Waals surface area contributed by atoms with Crippen molar-refractivity contribution in [3.8, 4) is 0 Å². The topological polar surface area (TPSA) is 40.1 Å². The molecule has 0 aromatic heterocycles. The molecule has 0 aliphatic carbocycles. The average molecular weight is 187 g/mol. The highest BCUT2D eigenvalue weighted by Crippen LogP contribution is 2.23. The molecule has 0 radical (unpaired) electrons. The first-order chi connectivity index (χ1) is 4.83. The highest BCUT2D eigenvalue weighted by atomic mass is 32.2. The van der Waals surface area contributed by atoms with Gasteiger partial charge in [-0.2, -0.15) is 13.2 Å². The maximum absolute atomic E-state index is 11.4. The molecule has 2 nitrogen and oxygen atoms in total. The summed E-state index contributed by atoms with van der Waals surface area (Å²) in [6.07, 6.45) is -4.31. The van der Waals surface area contributed by atoms with Gasteiger partial charge in [0.05, 0.1) is 11.7 Å². The second-order valence-electron chi connectivity index (χ2n) is 1.89. The maximum atomic E-state index is 11.4. The van der Waals surface area contributed by atoms with Crippen LogP contribution in [0.2, 0.25) is 0 Å². The number of hydrogen-bond donors (Lipinski definition) is 0. The molecule has 0 saturated heterocycles. The number of thioether (sulfide) groups is 1. The Morgan fingerprint density at radius 3 is 2.36 bits per heavy atom. The summed E-state index contributed by atoms with van der Waals surface area (Å²) in [5.74, 6) is -2.62. The minimum Gasteiger partial charge on any atom is -0.549 e. The minimum absolute atomic E-state index is 0.304. The predicted molar refractivity (Wildman–Crippen MR) is 33.0 cm³/mol. The van der Waals surface area contributed by atoms with Gasteiger partial charge in [-0.15, -0.1) is 11.8 Å². The van der Waals surface area contributed by atoms with Gasteiger partial charge in [0.1, 0.15) is 0 Å². The first-order valence-corrected chi connectivity index (χ1v) is 3.77. The van der Waals surface area contributed by atoms with Gasteiger partial charge in [0.2, 0.25) is 0 Å². The molecule has 0 aromatic carbocycles. The van der Waals surface area contributed by atoms with Crippen molar-refractivity contribution < 1.29 is 23.1 Å². The van der Waals surface area contributed by atoms with Crippen LogP contribution in [0.3, 0.4) is 0 Å². The first-order valence-electron chi connectivity index (χ1n) is 2.72. The van der Waals surface area contributed by atoms with Gasteiger partial charge in [-0.25, -0.2) is 0 Å². The van der Waals surface area contributed by atoms with E-state index in [2.05, 4.69) is 0 Å². The van der Waals surface area contributed by atoms with Crippen LogP contribution >= 0.6 is 11.8 Å². The molecule has 0 fully saturated rings. The van der Waals surface area contributed by atoms with Crippen LogP contribution in [0, 0.1) is 0 Å². The van der Waals surface area contributed by atoms with Crippen LogP contribution < -0.4 is 5.11 Å². The zero-order valence-corrected chi connectivity index (χ0v) is 6.46. The fourth-order valence-electron chi connectivity index (χ4n) is 0.288. The van der Waals surface area contributed by atoms with Crippen LogP contribution in [0.5, 0.6) is 0 Å². The van der Waals surface area contributed by atoms with Gasteiger partial charge in [0.25, 0.3) is 0 Å². The molecule has 11 heavy (non-hydrogen) atoms. The van der Waals surface area contributed by atoms with Gasteiger partial charge >= 0.3 is 6.18 Å². The summed E-state index contributed by atoms with van der Waals surface area (Å²) in [6, 6.07) is 0. The third-order valence-corrected chi connectivity index (χ3v) is 2.02. The van der Waals surface area contributed by atoms with E-state index >= 15 is 0 Å². The lowest BCUT2D eigenvalue weighted by molar-refractivity contribution is -0.304. The number of carbonyl (C=O) groups excluding carboxylic acids is 1. The summed E-state index contributed by atoms with van der Waals surface area (Å²) in [4.78, 5) is 9.92. The maximum Gasteiger partial charge on any atom is 0.397 e. The molecule has 0 bridgehead atoms. The highest BCUT2D eigenvalue weighted by molar-refractivity contribution is 8.00. The monoisotopic (exact) mass is 187 g/mol. The fraction of sp³-hybridized carbons (Fsp3) is 0.800. The van der Waals surface area contributed by atoms with Gasteiger partial charge in [-0.05, 0) is 6.92 Å². The van der Waals surface area contributed by atoms with E-state index < -0.39 is 23.1 Å². The fourth-order valence-corrected chi connectivity index (χ4v) is 0.863. The van der Waals surface area contributed by atoms with Gasteiger partial charge in [-0.3, -0.25) is 0 Å². The molecule has 0 aromatic rings. The number of halogens is 3. The van der Waals surface area contributed by atoms with Crippen LogP contribution in [0.4, 0.5) is 13.2 Å². The molecule has 0 spiro atoms. The SMILES string of the molecule is CC(SCC(F)(F)F)C(=O)[O-]. The van der Waals surface area contributed by atoms with Crippen molar-refractivity contribution in [1.29, 1.82) is 0 Å². The van der Waals surface area contributed by atoms with Crippen LogP contribution in [0.15, 0.2) is 0 Å².